The molecule has 3 aromatic rings. The summed E-state index contributed by atoms with van der Waals surface area (Å²) in [6.07, 6.45) is 4.00. The smallest absolute Gasteiger partial charge is 0.231 e. The molecule has 0 bridgehead atoms. The van der Waals surface area contributed by atoms with Gasteiger partial charge in [-0.05, 0) is 44.9 Å². The van der Waals surface area contributed by atoms with Gasteiger partial charge in [-0.1, -0.05) is 5.16 Å². The summed E-state index contributed by atoms with van der Waals surface area (Å²) in [7, 11) is 0. The maximum Gasteiger partial charge on any atom is 0.231 e. The van der Waals surface area contributed by atoms with Crippen LogP contribution in [0.5, 0.6) is 0 Å². The molecule has 1 atom stereocenters. The van der Waals surface area contributed by atoms with Crippen LogP contribution in [0.15, 0.2) is 28.9 Å². The van der Waals surface area contributed by atoms with Gasteiger partial charge in [-0.3, -0.25) is 0 Å². The quantitative estimate of drug-likeness (QED) is 0.728. The van der Waals surface area contributed by atoms with Gasteiger partial charge in [0.05, 0.1) is 11.6 Å². The molecule has 0 spiro atoms. The van der Waals surface area contributed by atoms with E-state index in [-0.39, 0.29) is 5.92 Å². The molecule has 8 heteroatoms. The summed E-state index contributed by atoms with van der Waals surface area (Å²) in [6, 6.07) is 5.87. The van der Waals surface area contributed by atoms with Crippen molar-refractivity contribution in [1.29, 1.82) is 0 Å². The highest BCUT2D eigenvalue weighted by atomic mass is 16.5. The largest absolute Gasteiger partial charge is 0.354 e. The minimum atomic E-state index is 0.246. The highest BCUT2D eigenvalue weighted by Crippen LogP contribution is 2.28. The molecule has 0 aliphatic carbocycles. The summed E-state index contributed by atoms with van der Waals surface area (Å²) in [4.78, 5) is 6.59. The van der Waals surface area contributed by atoms with Gasteiger partial charge < -0.3 is 9.42 Å². The van der Waals surface area contributed by atoms with Crippen molar-refractivity contribution in [2.24, 2.45) is 0 Å². The Hall–Kier alpha value is -2.77. The zero-order valence-corrected chi connectivity index (χ0v) is 13.8. The van der Waals surface area contributed by atoms with E-state index in [2.05, 4.69) is 30.3 Å². The molecule has 1 unspecified atom stereocenters. The Bertz CT molecular complexity index is 823. The molecule has 0 aromatic carbocycles. The third-order valence-electron chi connectivity index (χ3n) is 4.23. The zero-order chi connectivity index (χ0) is 16.5. The van der Waals surface area contributed by atoms with Gasteiger partial charge in [0.15, 0.2) is 17.5 Å². The molecular formula is C16H19N7O. The standard InChI is InChI=1S/C16H19N7O/c1-11-7-9-23(20-11)15-6-5-14(18-19-15)22-8-3-4-13(10-22)16-17-12(2)21-24-16/h5-7,9,13H,3-4,8,10H2,1-2H3. The Balaban J connectivity index is 1.50. The van der Waals surface area contributed by atoms with Gasteiger partial charge in [-0.15, -0.1) is 10.2 Å². The fraction of sp³-hybridized carbons (Fsp3) is 0.438. The normalized spacial score (nSPS) is 18.1. The fourth-order valence-corrected chi connectivity index (χ4v) is 3.02. The number of nitrogens with zero attached hydrogens (tertiary/aromatic N) is 7. The molecule has 8 nitrogen and oxygen atoms in total. The topological polar surface area (TPSA) is 85.8 Å². The highest BCUT2D eigenvalue weighted by Gasteiger charge is 2.26. The SMILES string of the molecule is Cc1ccn(-c2ccc(N3CCCC(c4nc(C)no4)C3)nn2)n1. The number of hydrogen-bond acceptors (Lipinski definition) is 7. The van der Waals surface area contributed by atoms with E-state index in [4.69, 9.17) is 4.52 Å². The van der Waals surface area contributed by atoms with Gasteiger partial charge >= 0.3 is 0 Å². The molecule has 124 valence electrons. The molecule has 1 aliphatic heterocycles. The zero-order valence-electron chi connectivity index (χ0n) is 13.8. The van der Waals surface area contributed by atoms with Crippen molar-refractivity contribution in [3.63, 3.8) is 0 Å². The van der Waals surface area contributed by atoms with Crippen LogP contribution in [-0.2, 0) is 0 Å². The van der Waals surface area contributed by atoms with E-state index < -0.39 is 0 Å². The van der Waals surface area contributed by atoms with E-state index in [0.29, 0.717) is 17.5 Å². The molecule has 0 saturated carbocycles. The van der Waals surface area contributed by atoms with Gasteiger partial charge in [0.1, 0.15) is 0 Å². The number of anilines is 1. The minimum Gasteiger partial charge on any atom is -0.354 e. The van der Waals surface area contributed by atoms with E-state index in [1.807, 2.05) is 38.2 Å². The van der Waals surface area contributed by atoms with Crippen LogP contribution in [0.3, 0.4) is 0 Å². The van der Waals surface area contributed by atoms with E-state index >= 15 is 0 Å². The third kappa shape index (κ3) is 2.86. The summed E-state index contributed by atoms with van der Waals surface area (Å²) in [5.74, 6) is 3.22. The van der Waals surface area contributed by atoms with Crippen LogP contribution in [0.2, 0.25) is 0 Å². The maximum atomic E-state index is 5.33. The summed E-state index contributed by atoms with van der Waals surface area (Å²) in [6.45, 7) is 5.56. The Morgan fingerprint density at radius 3 is 2.62 bits per heavy atom. The Kier molecular flexibility index (Phi) is 3.72. The number of hydrogen-bond donors (Lipinski definition) is 0. The molecule has 3 aromatic heterocycles. The first-order valence-corrected chi connectivity index (χ1v) is 8.10. The first-order valence-electron chi connectivity index (χ1n) is 8.10. The average Bonchev–Trinajstić information content (AvgIpc) is 3.24. The predicted octanol–water partition coefficient (Wildman–Crippen LogP) is 2.05. The molecule has 4 rings (SSSR count). The summed E-state index contributed by atoms with van der Waals surface area (Å²) >= 11 is 0. The van der Waals surface area contributed by atoms with Crippen molar-refractivity contribution in [3.8, 4) is 5.82 Å². The Morgan fingerprint density at radius 2 is 1.96 bits per heavy atom. The molecule has 4 heterocycles. The van der Waals surface area contributed by atoms with Crippen LogP contribution in [0.1, 0.15) is 36.2 Å². The second-order valence-electron chi connectivity index (χ2n) is 6.12. The highest BCUT2D eigenvalue weighted by molar-refractivity contribution is 5.40. The molecule has 0 radical (unpaired) electrons. The molecular weight excluding hydrogens is 306 g/mol. The van der Waals surface area contributed by atoms with Gasteiger partial charge in [0.25, 0.3) is 0 Å². The van der Waals surface area contributed by atoms with Crippen molar-refractivity contribution in [1.82, 2.24) is 30.1 Å². The lowest BCUT2D eigenvalue weighted by Gasteiger charge is -2.31. The van der Waals surface area contributed by atoms with E-state index in [1.165, 1.54) is 0 Å². The Morgan fingerprint density at radius 1 is 1.12 bits per heavy atom. The van der Waals surface area contributed by atoms with Crippen LogP contribution in [0.25, 0.3) is 5.82 Å². The number of aryl methyl sites for hydroxylation is 2. The van der Waals surface area contributed by atoms with Crippen molar-refractivity contribution in [3.05, 3.63) is 41.8 Å². The van der Waals surface area contributed by atoms with Crippen molar-refractivity contribution in [2.45, 2.75) is 32.6 Å². The first-order chi connectivity index (χ1) is 11.7. The number of aromatic nitrogens is 6. The van der Waals surface area contributed by atoms with Crippen molar-refractivity contribution < 1.29 is 4.52 Å². The molecule has 1 aliphatic rings. The van der Waals surface area contributed by atoms with Crippen molar-refractivity contribution in [2.75, 3.05) is 18.0 Å². The van der Waals surface area contributed by atoms with Crippen LogP contribution in [0, 0.1) is 13.8 Å². The minimum absolute atomic E-state index is 0.246. The average molecular weight is 325 g/mol. The summed E-state index contributed by atoms with van der Waals surface area (Å²) in [5.41, 5.74) is 0.953. The van der Waals surface area contributed by atoms with Gasteiger partial charge in [-0.2, -0.15) is 10.1 Å². The van der Waals surface area contributed by atoms with Crippen molar-refractivity contribution >= 4 is 5.82 Å². The van der Waals surface area contributed by atoms with Crippen LogP contribution < -0.4 is 4.90 Å². The second kappa shape index (κ2) is 6.03. The van der Waals surface area contributed by atoms with Gasteiger partial charge in [-0.25, -0.2) is 4.68 Å². The van der Waals surface area contributed by atoms with Gasteiger partial charge in [0.2, 0.25) is 5.89 Å². The van der Waals surface area contributed by atoms with Crippen LogP contribution in [-0.4, -0.2) is 43.2 Å². The van der Waals surface area contributed by atoms with Crippen LogP contribution in [0.4, 0.5) is 5.82 Å². The van der Waals surface area contributed by atoms with E-state index in [9.17, 15) is 0 Å². The molecule has 24 heavy (non-hydrogen) atoms. The lowest BCUT2D eigenvalue weighted by Crippen LogP contribution is -2.35. The summed E-state index contributed by atoms with van der Waals surface area (Å²) < 4.78 is 7.06. The first kappa shape index (κ1) is 14.8. The Labute approximate surface area is 139 Å². The van der Waals surface area contributed by atoms with E-state index in [1.54, 1.807) is 4.68 Å². The third-order valence-corrected chi connectivity index (χ3v) is 4.23. The lowest BCUT2D eigenvalue weighted by atomic mass is 9.98. The fourth-order valence-electron chi connectivity index (χ4n) is 3.02. The summed E-state index contributed by atoms with van der Waals surface area (Å²) in [5, 5.41) is 16.9. The molecule has 0 amide bonds. The lowest BCUT2D eigenvalue weighted by molar-refractivity contribution is 0.331. The molecule has 0 N–H and O–H groups in total. The molecule has 1 saturated heterocycles. The number of piperidine rings is 1. The number of rotatable bonds is 3. The van der Waals surface area contributed by atoms with Gasteiger partial charge in [0, 0.05) is 19.3 Å². The molecule has 1 fully saturated rings. The second-order valence-corrected chi connectivity index (χ2v) is 6.12. The predicted molar refractivity (Wildman–Crippen MR) is 87.1 cm³/mol. The maximum absolute atomic E-state index is 5.33. The monoisotopic (exact) mass is 325 g/mol. The van der Waals surface area contributed by atoms with Crippen LogP contribution >= 0.6 is 0 Å². The van der Waals surface area contributed by atoms with E-state index in [0.717, 1.165) is 37.4 Å².